The van der Waals surface area contributed by atoms with E-state index >= 15 is 0 Å². The van der Waals surface area contributed by atoms with Crippen molar-refractivity contribution < 1.29 is 9.32 Å². The highest BCUT2D eigenvalue weighted by atomic mass is 35.5. The summed E-state index contributed by atoms with van der Waals surface area (Å²) in [5.41, 5.74) is 6.70. The van der Waals surface area contributed by atoms with Crippen molar-refractivity contribution in [3.8, 4) is 11.4 Å². The third-order valence-electron chi connectivity index (χ3n) is 4.96. The zero-order valence-electron chi connectivity index (χ0n) is 14.8. The molecule has 0 bridgehead atoms. The van der Waals surface area contributed by atoms with Crippen molar-refractivity contribution >= 4 is 17.5 Å². The number of hydrogen-bond donors (Lipinski definition) is 2. The van der Waals surface area contributed by atoms with Crippen molar-refractivity contribution in [1.82, 2.24) is 15.5 Å². The van der Waals surface area contributed by atoms with Crippen LogP contribution in [0, 0.1) is 5.92 Å². The van der Waals surface area contributed by atoms with E-state index in [1.54, 1.807) is 12.1 Å². The van der Waals surface area contributed by atoms with Crippen LogP contribution in [0.3, 0.4) is 0 Å². The van der Waals surface area contributed by atoms with Gasteiger partial charge in [0.1, 0.15) is 0 Å². The number of carbonyl (C=O) groups excluding carboxylic acids is 1. The summed E-state index contributed by atoms with van der Waals surface area (Å²) in [5.74, 6) is 1.43. The van der Waals surface area contributed by atoms with Gasteiger partial charge in [0.15, 0.2) is 0 Å². The number of nitrogens with two attached hydrogens (primary N) is 1. The molecule has 3 N–H and O–H groups in total. The van der Waals surface area contributed by atoms with Crippen LogP contribution in [0.25, 0.3) is 11.4 Å². The van der Waals surface area contributed by atoms with Crippen LogP contribution in [0.2, 0.25) is 5.02 Å². The maximum atomic E-state index is 12.3. The van der Waals surface area contributed by atoms with E-state index in [2.05, 4.69) is 15.5 Å². The molecule has 0 radical (unpaired) electrons. The van der Waals surface area contributed by atoms with Gasteiger partial charge in [-0.05, 0) is 43.0 Å². The monoisotopic (exact) mass is 376 g/mol. The molecule has 1 aromatic carbocycles. The van der Waals surface area contributed by atoms with E-state index in [0.29, 0.717) is 42.0 Å². The maximum absolute atomic E-state index is 12.3. The number of carbonyl (C=O) groups is 1. The van der Waals surface area contributed by atoms with Crippen LogP contribution >= 0.6 is 11.6 Å². The summed E-state index contributed by atoms with van der Waals surface area (Å²) in [7, 11) is 0. The number of aryl methyl sites for hydroxylation is 1. The van der Waals surface area contributed by atoms with E-state index < -0.39 is 0 Å². The molecular formula is C19H25ClN4O2. The topological polar surface area (TPSA) is 94.0 Å². The first-order valence-electron chi connectivity index (χ1n) is 9.23. The Kier molecular flexibility index (Phi) is 6.63. The number of aromatic nitrogens is 2. The quantitative estimate of drug-likeness (QED) is 0.772. The van der Waals surface area contributed by atoms with Crippen molar-refractivity contribution in [1.29, 1.82) is 0 Å². The van der Waals surface area contributed by atoms with Crippen LogP contribution < -0.4 is 11.1 Å². The first kappa shape index (κ1) is 18.9. The molecule has 1 amide bonds. The van der Waals surface area contributed by atoms with Crippen LogP contribution in [0.15, 0.2) is 28.8 Å². The Hall–Kier alpha value is -1.92. The van der Waals surface area contributed by atoms with Gasteiger partial charge in [0, 0.05) is 36.0 Å². The molecule has 7 heteroatoms. The minimum atomic E-state index is -0.0164. The predicted molar refractivity (Wildman–Crippen MR) is 101 cm³/mol. The van der Waals surface area contributed by atoms with Crippen LogP contribution in [0.1, 0.15) is 44.4 Å². The molecule has 1 fully saturated rings. The van der Waals surface area contributed by atoms with E-state index in [1.807, 2.05) is 12.1 Å². The Morgan fingerprint density at radius 1 is 1.27 bits per heavy atom. The smallest absolute Gasteiger partial charge is 0.227 e. The van der Waals surface area contributed by atoms with Crippen molar-refractivity contribution in [3.05, 3.63) is 35.2 Å². The molecule has 2 aromatic rings. The lowest BCUT2D eigenvalue weighted by atomic mass is 9.84. The van der Waals surface area contributed by atoms with Crippen LogP contribution in [-0.4, -0.2) is 28.6 Å². The second-order valence-corrected chi connectivity index (χ2v) is 7.26. The predicted octanol–water partition coefficient (Wildman–Crippen LogP) is 3.35. The largest absolute Gasteiger partial charge is 0.352 e. The average Bonchev–Trinajstić information content (AvgIpc) is 3.15. The molecule has 1 aromatic heterocycles. The first-order valence-corrected chi connectivity index (χ1v) is 9.61. The molecule has 0 spiro atoms. The second-order valence-electron chi connectivity index (χ2n) is 6.83. The molecule has 1 unspecified atom stereocenters. The van der Waals surface area contributed by atoms with Gasteiger partial charge in [0.25, 0.3) is 0 Å². The summed E-state index contributed by atoms with van der Waals surface area (Å²) in [6.07, 6.45) is 6.76. The summed E-state index contributed by atoms with van der Waals surface area (Å²) < 4.78 is 5.25. The van der Waals surface area contributed by atoms with E-state index in [-0.39, 0.29) is 11.9 Å². The molecule has 0 saturated heterocycles. The lowest BCUT2D eigenvalue weighted by Crippen LogP contribution is -2.46. The molecule has 1 aliphatic carbocycles. The van der Waals surface area contributed by atoms with Gasteiger partial charge < -0.3 is 15.6 Å². The Morgan fingerprint density at radius 3 is 2.69 bits per heavy atom. The highest BCUT2D eigenvalue weighted by molar-refractivity contribution is 6.30. The molecular weight excluding hydrogens is 352 g/mol. The molecule has 1 atom stereocenters. The molecule has 6 nitrogen and oxygen atoms in total. The third kappa shape index (κ3) is 5.05. The number of benzene rings is 1. The molecule has 0 aliphatic heterocycles. The van der Waals surface area contributed by atoms with Gasteiger partial charge in [-0.1, -0.05) is 36.0 Å². The highest BCUT2D eigenvalue weighted by Crippen LogP contribution is 2.26. The van der Waals surface area contributed by atoms with Crippen molar-refractivity contribution in [2.75, 3.05) is 6.54 Å². The fraction of sp³-hybridized carbons (Fsp3) is 0.526. The Morgan fingerprint density at radius 2 is 2.00 bits per heavy atom. The SMILES string of the molecule is NCC(NC(=O)CCc1nc(-c2ccc(Cl)cc2)no1)C1CCCCC1. The zero-order chi connectivity index (χ0) is 18.4. The summed E-state index contributed by atoms with van der Waals surface area (Å²) >= 11 is 5.88. The van der Waals surface area contributed by atoms with Crippen LogP contribution in [0.4, 0.5) is 0 Å². The number of amides is 1. The van der Waals surface area contributed by atoms with Gasteiger partial charge in [-0.25, -0.2) is 0 Å². The molecule has 26 heavy (non-hydrogen) atoms. The molecule has 1 heterocycles. The average molecular weight is 377 g/mol. The normalized spacial score (nSPS) is 16.4. The Labute approximate surface area is 158 Å². The fourth-order valence-corrected chi connectivity index (χ4v) is 3.60. The van der Waals surface area contributed by atoms with E-state index in [9.17, 15) is 4.79 Å². The van der Waals surface area contributed by atoms with Crippen molar-refractivity contribution in [2.45, 2.75) is 51.0 Å². The van der Waals surface area contributed by atoms with Crippen molar-refractivity contribution in [2.24, 2.45) is 11.7 Å². The third-order valence-corrected chi connectivity index (χ3v) is 5.21. The van der Waals surface area contributed by atoms with Gasteiger partial charge in [-0.3, -0.25) is 4.79 Å². The molecule has 1 saturated carbocycles. The first-order chi connectivity index (χ1) is 12.7. The minimum absolute atomic E-state index is 0.0164. The summed E-state index contributed by atoms with van der Waals surface area (Å²) in [4.78, 5) is 16.6. The second kappa shape index (κ2) is 9.14. The number of nitrogens with one attached hydrogen (secondary N) is 1. The van der Waals surface area contributed by atoms with E-state index in [4.69, 9.17) is 21.9 Å². The summed E-state index contributed by atoms with van der Waals surface area (Å²) in [6, 6.07) is 7.28. The maximum Gasteiger partial charge on any atom is 0.227 e. The summed E-state index contributed by atoms with van der Waals surface area (Å²) in [5, 5.41) is 7.70. The highest BCUT2D eigenvalue weighted by Gasteiger charge is 2.24. The van der Waals surface area contributed by atoms with E-state index in [0.717, 1.165) is 18.4 Å². The number of hydrogen-bond acceptors (Lipinski definition) is 5. The minimum Gasteiger partial charge on any atom is -0.352 e. The zero-order valence-corrected chi connectivity index (χ0v) is 15.5. The van der Waals surface area contributed by atoms with Gasteiger partial charge >= 0.3 is 0 Å². The fourth-order valence-electron chi connectivity index (χ4n) is 3.48. The van der Waals surface area contributed by atoms with Gasteiger partial charge in [-0.15, -0.1) is 0 Å². The number of rotatable bonds is 7. The summed E-state index contributed by atoms with van der Waals surface area (Å²) in [6.45, 7) is 0.484. The molecule has 140 valence electrons. The number of nitrogens with zero attached hydrogens (tertiary/aromatic N) is 2. The Bertz CT molecular complexity index is 711. The molecule has 3 rings (SSSR count). The number of halogens is 1. The van der Waals surface area contributed by atoms with Crippen molar-refractivity contribution in [3.63, 3.8) is 0 Å². The van der Waals surface area contributed by atoms with Gasteiger partial charge in [-0.2, -0.15) is 4.98 Å². The lowest BCUT2D eigenvalue weighted by molar-refractivity contribution is -0.122. The van der Waals surface area contributed by atoms with Crippen LogP contribution in [-0.2, 0) is 11.2 Å². The standard InChI is InChI=1S/C19H25ClN4O2/c20-15-8-6-14(7-9-15)19-23-18(26-24-19)11-10-17(25)22-16(12-21)13-4-2-1-3-5-13/h6-9,13,16H,1-5,10-12,21H2,(H,22,25). The molecule has 1 aliphatic rings. The van der Waals surface area contributed by atoms with Gasteiger partial charge in [0.05, 0.1) is 0 Å². The lowest BCUT2D eigenvalue weighted by Gasteiger charge is -2.30. The van der Waals surface area contributed by atoms with Crippen LogP contribution in [0.5, 0.6) is 0 Å². The van der Waals surface area contributed by atoms with Gasteiger partial charge in [0.2, 0.25) is 17.6 Å². The van der Waals surface area contributed by atoms with E-state index in [1.165, 1.54) is 19.3 Å². The Balaban J connectivity index is 1.50.